The van der Waals surface area contributed by atoms with Gasteiger partial charge in [-0.25, -0.2) is 9.07 Å². The molecule has 0 unspecified atom stereocenters. The Hall–Kier alpha value is -3.98. The number of hydrogen-bond donors (Lipinski definition) is 1. The van der Waals surface area contributed by atoms with E-state index in [0.29, 0.717) is 12.4 Å². The summed E-state index contributed by atoms with van der Waals surface area (Å²) in [6.45, 7) is 8.43. The van der Waals surface area contributed by atoms with Crippen LogP contribution < -0.4 is 10.2 Å². The Labute approximate surface area is 237 Å². The lowest BCUT2D eigenvalue weighted by Gasteiger charge is -2.24. The molecule has 2 aromatic heterocycles. The van der Waals surface area contributed by atoms with E-state index in [2.05, 4.69) is 31.1 Å². The zero-order valence-electron chi connectivity index (χ0n) is 23.0. The summed E-state index contributed by atoms with van der Waals surface area (Å²) in [5.41, 5.74) is 4.94. The third-order valence-electron chi connectivity index (χ3n) is 6.76. The van der Waals surface area contributed by atoms with Gasteiger partial charge in [-0.1, -0.05) is 45.0 Å². The largest absolute Gasteiger partial charge is 0.350 e. The number of rotatable bonds is 6. The van der Waals surface area contributed by atoms with Gasteiger partial charge in [-0.15, -0.1) is 11.8 Å². The van der Waals surface area contributed by atoms with Crippen molar-refractivity contribution in [3.8, 4) is 5.69 Å². The summed E-state index contributed by atoms with van der Waals surface area (Å²) in [6, 6.07) is 18.0. The Balaban J connectivity index is 1.65. The zero-order chi connectivity index (χ0) is 28.4. The van der Waals surface area contributed by atoms with E-state index < -0.39 is 0 Å². The first-order valence-corrected chi connectivity index (χ1v) is 14.2. The SMILES string of the molecule is Cc1cccc(-n2nc(C(C)(C)C)c3c2N(CC(=O)NCc2ccncc2)C(=O)CS[C@@H]3c2ccc(F)cc2)c1. The molecule has 4 aromatic rings. The number of amides is 2. The Kier molecular flexibility index (Phi) is 7.76. The van der Waals surface area contributed by atoms with Crippen LogP contribution in [-0.4, -0.2) is 38.9 Å². The molecule has 5 rings (SSSR count). The quantitative estimate of drug-likeness (QED) is 0.339. The minimum atomic E-state index is -0.374. The molecule has 2 aromatic carbocycles. The van der Waals surface area contributed by atoms with Crippen LogP contribution in [0.15, 0.2) is 73.1 Å². The number of anilines is 1. The fourth-order valence-corrected chi connectivity index (χ4v) is 6.01. The number of halogens is 1. The van der Waals surface area contributed by atoms with Crippen molar-refractivity contribution in [3.05, 3.63) is 107 Å². The van der Waals surface area contributed by atoms with Gasteiger partial charge < -0.3 is 5.32 Å². The molecule has 2 amide bonds. The Morgan fingerprint density at radius 1 is 1.10 bits per heavy atom. The zero-order valence-corrected chi connectivity index (χ0v) is 23.8. The molecule has 206 valence electrons. The number of fused-ring (bicyclic) bond motifs is 1. The Morgan fingerprint density at radius 3 is 2.50 bits per heavy atom. The number of pyridine rings is 1. The Morgan fingerprint density at radius 2 is 1.82 bits per heavy atom. The highest BCUT2D eigenvalue weighted by atomic mass is 32.2. The van der Waals surface area contributed by atoms with Crippen molar-refractivity contribution in [2.75, 3.05) is 17.2 Å². The maximum Gasteiger partial charge on any atom is 0.240 e. The summed E-state index contributed by atoms with van der Waals surface area (Å²) >= 11 is 1.47. The first-order valence-electron chi connectivity index (χ1n) is 13.2. The van der Waals surface area contributed by atoms with Gasteiger partial charge in [0.05, 0.1) is 22.4 Å². The van der Waals surface area contributed by atoms with Crippen molar-refractivity contribution in [2.24, 2.45) is 0 Å². The number of nitrogens with zero attached hydrogens (tertiary/aromatic N) is 4. The Bertz CT molecular complexity index is 1530. The summed E-state index contributed by atoms with van der Waals surface area (Å²) in [7, 11) is 0. The summed E-state index contributed by atoms with van der Waals surface area (Å²) in [4.78, 5) is 32.6. The number of thioether (sulfide) groups is 1. The van der Waals surface area contributed by atoms with Gasteiger partial charge in [-0.2, -0.15) is 5.10 Å². The molecule has 3 heterocycles. The van der Waals surface area contributed by atoms with Gasteiger partial charge in [-0.05, 0) is 60.0 Å². The van der Waals surface area contributed by atoms with Gasteiger partial charge in [0.2, 0.25) is 11.8 Å². The highest BCUT2D eigenvalue weighted by Crippen LogP contribution is 2.48. The molecule has 0 saturated carbocycles. The maximum absolute atomic E-state index is 13.9. The summed E-state index contributed by atoms with van der Waals surface area (Å²) in [6.07, 6.45) is 3.35. The van der Waals surface area contributed by atoms with E-state index in [1.165, 1.54) is 23.9 Å². The molecule has 1 atom stereocenters. The van der Waals surface area contributed by atoms with Crippen LogP contribution in [0, 0.1) is 12.7 Å². The molecule has 7 nitrogen and oxygen atoms in total. The number of carbonyl (C=O) groups is 2. The smallest absolute Gasteiger partial charge is 0.240 e. The van der Waals surface area contributed by atoms with Crippen LogP contribution in [0.1, 0.15) is 54.0 Å². The van der Waals surface area contributed by atoms with Crippen molar-refractivity contribution >= 4 is 29.4 Å². The third kappa shape index (κ3) is 5.79. The number of aromatic nitrogens is 3. The average molecular weight is 558 g/mol. The lowest BCUT2D eigenvalue weighted by Crippen LogP contribution is -2.42. The van der Waals surface area contributed by atoms with Gasteiger partial charge >= 0.3 is 0 Å². The molecule has 0 saturated heterocycles. The molecular formula is C31H32FN5O2S. The molecule has 0 bridgehead atoms. The molecule has 40 heavy (non-hydrogen) atoms. The van der Waals surface area contributed by atoms with Crippen LogP contribution in [-0.2, 0) is 21.5 Å². The van der Waals surface area contributed by atoms with Crippen LogP contribution >= 0.6 is 11.8 Å². The molecule has 0 fully saturated rings. The number of carbonyl (C=O) groups excluding carboxylic acids is 2. The van der Waals surface area contributed by atoms with E-state index in [1.54, 1.807) is 34.1 Å². The standard InChI is InChI=1S/C31H32FN5O2S/c1-20-6-5-7-24(16-20)37-30-27(29(35-37)31(2,3)4)28(22-8-10-23(32)11-9-22)40-19-26(39)36(30)18-25(38)34-17-21-12-14-33-15-13-21/h5-16,28H,17-19H2,1-4H3,(H,34,38)/t28-/m1/s1. The lowest BCUT2D eigenvalue weighted by molar-refractivity contribution is -0.123. The predicted octanol–water partition coefficient (Wildman–Crippen LogP) is 5.50. The van der Waals surface area contributed by atoms with Gasteiger partial charge in [-0.3, -0.25) is 19.5 Å². The van der Waals surface area contributed by atoms with E-state index in [4.69, 9.17) is 5.10 Å². The summed E-state index contributed by atoms with van der Waals surface area (Å²) in [5.74, 6) is -0.0671. The first-order chi connectivity index (χ1) is 19.1. The van der Waals surface area contributed by atoms with Crippen molar-refractivity contribution in [1.82, 2.24) is 20.1 Å². The van der Waals surface area contributed by atoms with Crippen LogP contribution in [0.5, 0.6) is 0 Å². The van der Waals surface area contributed by atoms with E-state index in [-0.39, 0.29) is 40.6 Å². The number of benzene rings is 2. The minimum absolute atomic E-state index is 0.158. The first kappa shape index (κ1) is 27.6. The van der Waals surface area contributed by atoms with E-state index in [0.717, 1.165) is 33.6 Å². The molecule has 0 aliphatic carbocycles. The second kappa shape index (κ2) is 11.3. The van der Waals surface area contributed by atoms with Gasteiger partial charge in [0.25, 0.3) is 0 Å². The van der Waals surface area contributed by atoms with Gasteiger partial charge in [0.15, 0.2) is 0 Å². The minimum Gasteiger partial charge on any atom is -0.350 e. The average Bonchev–Trinajstić information content (AvgIpc) is 3.27. The number of nitrogens with one attached hydrogen (secondary N) is 1. The van der Waals surface area contributed by atoms with E-state index in [9.17, 15) is 14.0 Å². The lowest BCUT2D eigenvalue weighted by atomic mass is 9.87. The molecule has 0 radical (unpaired) electrons. The van der Waals surface area contributed by atoms with Crippen molar-refractivity contribution in [3.63, 3.8) is 0 Å². The third-order valence-corrected chi connectivity index (χ3v) is 8.01. The topological polar surface area (TPSA) is 80.1 Å². The molecule has 1 aliphatic heterocycles. The number of hydrogen-bond acceptors (Lipinski definition) is 5. The van der Waals surface area contributed by atoms with Crippen LogP contribution in [0.4, 0.5) is 10.2 Å². The van der Waals surface area contributed by atoms with Crippen LogP contribution in [0.3, 0.4) is 0 Å². The monoisotopic (exact) mass is 557 g/mol. The van der Waals surface area contributed by atoms with Gasteiger partial charge in [0, 0.05) is 29.9 Å². The fraction of sp³-hybridized carbons (Fsp3) is 0.290. The molecule has 9 heteroatoms. The van der Waals surface area contributed by atoms with Crippen LogP contribution in [0.25, 0.3) is 5.69 Å². The van der Waals surface area contributed by atoms with E-state index >= 15 is 0 Å². The van der Waals surface area contributed by atoms with E-state index in [1.807, 2.05) is 43.3 Å². The second-order valence-corrected chi connectivity index (χ2v) is 12.0. The highest BCUT2D eigenvalue weighted by Gasteiger charge is 2.39. The molecule has 0 spiro atoms. The summed E-state index contributed by atoms with van der Waals surface area (Å²) in [5, 5.41) is 7.75. The number of aryl methyl sites for hydroxylation is 1. The van der Waals surface area contributed by atoms with Crippen molar-refractivity contribution < 1.29 is 14.0 Å². The normalized spacial score (nSPS) is 15.5. The van der Waals surface area contributed by atoms with Gasteiger partial charge in [0.1, 0.15) is 18.2 Å². The second-order valence-electron chi connectivity index (χ2n) is 10.9. The molecular weight excluding hydrogens is 525 g/mol. The predicted molar refractivity (Wildman–Crippen MR) is 156 cm³/mol. The fourth-order valence-electron chi connectivity index (χ4n) is 4.81. The maximum atomic E-state index is 13.9. The molecule has 1 N–H and O–H groups in total. The summed E-state index contributed by atoms with van der Waals surface area (Å²) < 4.78 is 15.7. The van der Waals surface area contributed by atoms with Crippen molar-refractivity contribution in [2.45, 2.75) is 44.9 Å². The highest BCUT2D eigenvalue weighted by molar-refractivity contribution is 8.00. The van der Waals surface area contributed by atoms with Crippen LogP contribution in [0.2, 0.25) is 0 Å². The van der Waals surface area contributed by atoms with Crippen molar-refractivity contribution in [1.29, 1.82) is 0 Å². The molecule has 1 aliphatic rings.